The maximum Gasteiger partial charge on any atom is 0.225 e. The van der Waals surface area contributed by atoms with Crippen LogP contribution in [0.5, 0.6) is 17.5 Å². The van der Waals surface area contributed by atoms with E-state index in [-0.39, 0.29) is 0 Å². The lowest BCUT2D eigenvalue weighted by Gasteiger charge is -2.16. The van der Waals surface area contributed by atoms with Crippen LogP contribution in [0.15, 0.2) is 91.0 Å². The molecular weight excluding hydrogens is 400 g/mol. The van der Waals surface area contributed by atoms with E-state index in [2.05, 4.69) is 4.98 Å². The quantitative estimate of drug-likeness (QED) is 0.390. The SMILES string of the molecule is COc1ccc(-c2ccc(OCc3ccccc3)nc2OCc2ccccc2)c(CN)c1. The largest absolute Gasteiger partial charge is 0.497 e. The fraction of sp³-hybridized carbons (Fsp3) is 0.148. The van der Waals surface area contributed by atoms with E-state index in [1.54, 1.807) is 7.11 Å². The smallest absolute Gasteiger partial charge is 0.225 e. The number of rotatable bonds is 9. The first-order valence-corrected chi connectivity index (χ1v) is 10.5. The first-order valence-electron chi connectivity index (χ1n) is 10.5. The van der Waals surface area contributed by atoms with Crippen molar-refractivity contribution in [2.24, 2.45) is 5.73 Å². The Morgan fingerprint density at radius 2 is 1.34 bits per heavy atom. The summed E-state index contributed by atoms with van der Waals surface area (Å²) >= 11 is 0. The Labute approximate surface area is 188 Å². The summed E-state index contributed by atoms with van der Waals surface area (Å²) in [5, 5.41) is 0. The molecule has 0 atom stereocenters. The molecule has 1 heterocycles. The summed E-state index contributed by atoms with van der Waals surface area (Å²) in [5.41, 5.74) is 10.9. The molecule has 0 aliphatic rings. The number of methoxy groups -OCH3 is 1. The zero-order valence-electron chi connectivity index (χ0n) is 18.0. The fourth-order valence-electron chi connectivity index (χ4n) is 3.41. The molecule has 2 N–H and O–H groups in total. The lowest BCUT2D eigenvalue weighted by molar-refractivity contribution is 0.268. The topological polar surface area (TPSA) is 66.6 Å². The predicted octanol–water partition coefficient (Wildman–Crippen LogP) is 5.37. The number of benzene rings is 3. The van der Waals surface area contributed by atoms with Crippen molar-refractivity contribution in [2.45, 2.75) is 19.8 Å². The molecule has 0 unspecified atom stereocenters. The molecular formula is C27H26N2O3. The van der Waals surface area contributed by atoms with Gasteiger partial charge in [0.2, 0.25) is 11.8 Å². The number of aromatic nitrogens is 1. The third-order valence-corrected chi connectivity index (χ3v) is 5.11. The monoisotopic (exact) mass is 426 g/mol. The van der Waals surface area contributed by atoms with Crippen LogP contribution in [0.3, 0.4) is 0 Å². The van der Waals surface area contributed by atoms with Gasteiger partial charge in [-0.1, -0.05) is 66.7 Å². The second kappa shape index (κ2) is 10.5. The van der Waals surface area contributed by atoms with Gasteiger partial charge >= 0.3 is 0 Å². The minimum absolute atomic E-state index is 0.372. The second-order valence-corrected chi connectivity index (χ2v) is 7.28. The molecule has 32 heavy (non-hydrogen) atoms. The van der Waals surface area contributed by atoms with E-state index in [0.29, 0.717) is 31.5 Å². The summed E-state index contributed by atoms with van der Waals surface area (Å²) in [6, 6.07) is 29.7. The van der Waals surface area contributed by atoms with Crippen molar-refractivity contribution in [3.63, 3.8) is 0 Å². The minimum atomic E-state index is 0.372. The van der Waals surface area contributed by atoms with Crippen molar-refractivity contribution in [2.75, 3.05) is 7.11 Å². The average Bonchev–Trinajstić information content (AvgIpc) is 2.87. The Bertz CT molecular complexity index is 1150. The Morgan fingerprint density at radius 3 is 1.97 bits per heavy atom. The predicted molar refractivity (Wildman–Crippen MR) is 126 cm³/mol. The molecule has 0 amide bonds. The van der Waals surface area contributed by atoms with Crippen molar-refractivity contribution in [1.82, 2.24) is 4.98 Å². The molecule has 0 fully saturated rings. The van der Waals surface area contributed by atoms with Gasteiger partial charge in [-0.15, -0.1) is 0 Å². The summed E-state index contributed by atoms with van der Waals surface area (Å²) in [4.78, 5) is 4.68. The third kappa shape index (κ3) is 5.25. The molecule has 0 radical (unpaired) electrons. The van der Waals surface area contributed by atoms with Gasteiger partial charge in [0.1, 0.15) is 19.0 Å². The Kier molecular flexibility index (Phi) is 7.00. The molecule has 1 aromatic heterocycles. The van der Waals surface area contributed by atoms with Crippen molar-refractivity contribution in [3.8, 4) is 28.6 Å². The van der Waals surface area contributed by atoms with E-state index in [1.807, 2.05) is 91.0 Å². The van der Waals surface area contributed by atoms with Gasteiger partial charge in [-0.05, 0) is 40.5 Å². The van der Waals surface area contributed by atoms with Gasteiger partial charge < -0.3 is 19.9 Å². The number of hydrogen-bond donors (Lipinski definition) is 1. The fourth-order valence-corrected chi connectivity index (χ4v) is 3.41. The van der Waals surface area contributed by atoms with Crippen LogP contribution < -0.4 is 19.9 Å². The zero-order valence-corrected chi connectivity index (χ0v) is 18.0. The summed E-state index contributed by atoms with van der Waals surface area (Å²) in [7, 11) is 1.64. The Morgan fingerprint density at radius 1 is 0.719 bits per heavy atom. The highest BCUT2D eigenvalue weighted by molar-refractivity contribution is 5.73. The molecule has 0 aliphatic heterocycles. The maximum atomic E-state index is 6.16. The van der Waals surface area contributed by atoms with E-state index in [9.17, 15) is 0 Å². The van der Waals surface area contributed by atoms with E-state index in [1.165, 1.54) is 0 Å². The van der Waals surface area contributed by atoms with Crippen LogP contribution in [0, 0.1) is 0 Å². The molecule has 4 aromatic rings. The number of nitrogens with two attached hydrogens (primary N) is 1. The van der Waals surface area contributed by atoms with E-state index >= 15 is 0 Å². The van der Waals surface area contributed by atoms with Gasteiger partial charge in [0.05, 0.1) is 7.11 Å². The zero-order chi connectivity index (χ0) is 22.2. The number of hydrogen-bond acceptors (Lipinski definition) is 5. The number of pyridine rings is 1. The summed E-state index contributed by atoms with van der Waals surface area (Å²) in [6.45, 7) is 1.20. The van der Waals surface area contributed by atoms with Crippen LogP contribution in [0.25, 0.3) is 11.1 Å². The van der Waals surface area contributed by atoms with Crippen LogP contribution in [0.2, 0.25) is 0 Å². The van der Waals surface area contributed by atoms with Gasteiger partial charge in [-0.2, -0.15) is 4.98 Å². The lowest BCUT2D eigenvalue weighted by Crippen LogP contribution is -2.04. The van der Waals surface area contributed by atoms with Crippen LogP contribution in [-0.4, -0.2) is 12.1 Å². The van der Waals surface area contributed by atoms with Crippen LogP contribution in [0.4, 0.5) is 0 Å². The van der Waals surface area contributed by atoms with Gasteiger partial charge in [0, 0.05) is 18.2 Å². The molecule has 162 valence electrons. The molecule has 5 heteroatoms. The summed E-state index contributed by atoms with van der Waals surface area (Å²) < 4.78 is 17.4. The molecule has 5 nitrogen and oxygen atoms in total. The highest BCUT2D eigenvalue weighted by Gasteiger charge is 2.15. The van der Waals surface area contributed by atoms with Crippen LogP contribution in [0.1, 0.15) is 16.7 Å². The lowest BCUT2D eigenvalue weighted by atomic mass is 10.00. The van der Waals surface area contributed by atoms with Crippen LogP contribution in [-0.2, 0) is 19.8 Å². The molecule has 4 rings (SSSR count). The Balaban J connectivity index is 1.65. The minimum Gasteiger partial charge on any atom is -0.497 e. The van der Waals surface area contributed by atoms with Crippen molar-refractivity contribution < 1.29 is 14.2 Å². The third-order valence-electron chi connectivity index (χ3n) is 5.11. The highest BCUT2D eigenvalue weighted by Crippen LogP contribution is 2.35. The van der Waals surface area contributed by atoms with Gasteiger partial charge in [-0.25, -0.2) is 0 Å². The van der Waals surface area contributed by atoms with E-state index < -0.39 is 0 Å². The normalized spacial score (nSPS) is 10.6. The molecule has 0 aliphatic carbocycles. The molecule has 0 saturated heterocycles. The molecule has 0 saturated carbocycles. The van der Waals surface area contributed by atoms with Gasteiger partial charge in [-0.3, -0.25) is 0 Å². The van der Waals surface area contributed by atoms with Crippen LogP contribution >= 0.6 is 0 Å². The first-order chi connectivity index (χ1) is 15.8. The average molecular weight is 427 g/mol. The van der Waals surface area contributed by atoms with Crippen molar-refractivity contribution in [1.29, 1.82) is 0 Å². The highest BCUT2D eigenvalue weighted by atomic mass is 16.5. The molecule has 3 aromatic carbocycles. The number of nitrogens with zero attached hydrogens (tertiary/aromatic N) is 1. The van der Waals surface area contributed by atoms with Crippen molar-refractivity contribution >= 4 is 0 Å². The van der Waals surface area contributed by atoms with Gasteiger partial charge in [0.25, 0.3) is 0 Å². The van der Waals surface area contributed by atoms with E-state index in [0.717, 1.165) is 33.6 Å². The molecule has 0 bridgehead atoms. The standard InChI is InChI=1S/C27H26N2O3/c1-30-23-12-13-24(22(16-23)17-28)25-14-15-26(31-18-20-8-4-2-5-9-20)29-27(25)32-19-21-10-6-3-7-11-21/h2-16H,17-19,28H2,1H3. The maximum absolute atomic E-state index is 6.16. The van der Waals surface area contributed by atoms with Crippen molar-refractivity contribution in [3.05, 3.63) is 108 Å². The number of ether oxygens (including phenoxy) is 3. The van der Waals surface area contributed by atoms with Gasteiger partial charge in [0.15, 0.2) is 0 Å². The van der Waals surface area contributed by atoms with E-state index in [4.69, 9.17) is 19.9 Å². The summed E-state index contributed by atoms with van der Waals surface area (Å²) in [6.07, 6.45) is 0. The first kappa shape index (κ1) is 21.4. The molecule has 0 spiro atoms. The Hall–Kier alpha value is -3.83. The summed E-state index contributed by atoms with van der Waals surface area (Å²) in [5.74, 6) is 1.76. The second-order valence-electron chi connectivity index (χ2n) is 7.28.